The second-order valence-corrected chi connectivity index (χ2v) is 4.97. The minimum atomic E-state index is -0.424. The SMILES string of the molecule is CC(C)CCNC(N)=NCc1ccc(F)c(Cl)c1.I. The molecule has 0 saturated heterocycles. The number of nitrogens with one attached hydrogen (secondary N) is 1. The van der Waals surface area contributed by atoms with E-state index in [9.17, 15) is 4.39 Å². The lowest BCUT2D eigenvalue weighted by molar-refractivity contribution is 0.576. The van der Waals surface area contributed by atoms with Crippen LogP contribution in [0.4, 0.5) is 4.39 Å². The average Bonchev–Trinajstić information content (AvgIpc) is 2.30. The Balaban J connectivity index is 0.00000324. The van der Waals surface area contributed by atoms with Crippen LogP contribution < -0.4 is 11.1 Å². The monoisotopic (exact) mass is 399 g/mol. The highest BCUT2D eigenvalue weighted by Gasteiger charge is 2.00. The predicted octanol–water partition coefficient (Wildman–Crippen LogP) is 3.55. The second kappa shape index (κ2) is 9.36. The fourth-order valence-corrected chi connectivity index (χ4v) is 1.56. The molecule has 3 N–H and O–H groups in total. The van der Waals surface area contributed by atoms with Gasteiger partial charge in [0, 0.05) is 6.54 Å². The van der Waals surface area contributed by atoms with Gasteiger partial charge < -0.3 is 11.1 Å². The van der Waals surface area contributed by atoms with Gasteiger partial charge in [0.15, 0.2) is 5.96 Å². The van der Waals surface area contributed by atoms with Crippen LogP contribution in [0, 0.1) is 11.7 Å². The van der Waals surface area contributed by atoms with Crippen LogP contribution in [0.1, 0.15) is 25.8 Å². The molecule has 0 spiro atoms. The summed E-state index contributed by atoms with van der Waals surface area (Å²) in [6.07, 6.45) is 1.04. The van der Waals surface area contributed by atoms with Crippen molar-refractivity contribution in [3.05, 3.63) is 34.6 Å². The highest BCUT2D eigenvalue weighted by atomic mass is 127. The first-order valence-corrected chi connectivity index (χ1v) is 6.34. The molecule has 108 valence electrons. The summed E-state index contributed by atoms with van der Waals surface area (Å²) in [5.74, 6) is 0.602. The Morgan fingerprint density at radius 2 is 2.16 bits per heavy atom. The molecule has 1 aromatic rings. The first-order chi connectivity index (χ1) is 8.49. The molecular formula is C13H20ClFIN3. The molecule has 0 atom stereocenters. The Morgan fingerprint density at radius 3 is 2.74 bits per heavy atom. The van der Waals surface area contributed by atoms with Crippen molar-refractivity contribution in [1.29, 1.82) is 0 Å². The van der Waals surface area contributed by atoms with Gasteiger partial charge in [0.1, 0.15) is 5.82 Å². The van der Waals surface area contributed by atoms with E-state index in [4.69, 9.17) is 17.3 Å². The Kier molecular flexibility index (Phi) is 9.08. The fourth-order valence-electron chi connectivity index (χ4n) is 1.36. The van der Waals surface area contributed by atoms with Crippen LogP contribution in [0.25, 0.3) is 0 Å². The van der Waals surface area contributed by atoms with Gasteiger partial charge in [-0.3, -0.25) is 0 Å². The summed E-state index contributed by atoms with van der Waals surface area (Å²) in [6.45, 7) is 5.49. The summed E-state index contributed by atoms with van der Waals surface area (Å²) < 4.78 is 12.9. The van der Waals surface area contributed by atoms with Gasteiger partial charge in [-0.1, -0.05) is 31.5 Å². The standard InChI is InChI=1S/C13H19ClFN3.HI/c1-9(2)5-6-17-13(16)18-8-10-3-4-12(15)11(14)7-10;/h3-4,7,9H,5-6,8H2,1-2H3,(H3,16,17,18);1H. The summed E-state index contributed by atoms with van der Waals surface area (Å²) in [5, 5.41) is 3.14. The van der Waals surface area contributed by atoms with Crippen molar-refractivity contribution in [3.63, 3.8) is 0 Å². The zero-order valence-electron chi connectivity index (χ0n) is 11.1. The normalized spacial score (nSPS) is 11.3. The summed E-state index contributed by atoms with van der Waals surface area (Å²) in [5.41, 5.74) is 6.54. The molecular weight excluding hydrogens is 380 g/mol. The minimum absolute atomic E-state index is 0. The number of halogens is 3. The highest BCUT2D eigenvalue weighted by molar-refractivity contribution is 14.0. The van der Waals surface area contributed by atoms with E-state index in [0.29, 0.717) is 18.4 Å². The van der Waals surface area contributed by atoms with Crippen LogP contribution in [-0.4, -0.2) is 12.5 Å². The molecule has 0 heterocycles. The molecule has 0 fully saturated rings. The van der Waals surface area contributed by atoms with E-state index >= 15 is 0 Å². The van der Waals surface area contributed by atoms with Crippen molar-refractivity contribution in [2.45, 2.75) is 26.8 Å². The van der Waals surface area contributed by atoms with Gasteiger partial charge in [-0.2, -0.15) is 0 Å². The van der Waals surface area contributed by atoms with Gasteiger partial charge >= 0.3 is 0 Å². The van der Waals surface area contributed by atoms with Crippen molar-refractivity contribution in [2.24, 2.45) is 16.6 Å². The van der Waals surface area contributed by atoms with Gasteiger partial charge in [0.2, 0.25) is 0 Å². The van der Waals surface area contributed by atoms with Gasteiger partial charge in [-0.15, -0.1) is 24.0 Å². The minimum Gasteiger partial charge on any atom is -0.370 e. The third-order valence-electron chi connectivity index (χ3n) is 2.44. The number of benzene rings is 1. The molecule has 0 aromatic heterocycles. The molecule has 0 aliphatic carbocycles. The van der Waals surface area contributed by atoms with Gasteiger partial charge in [0.05, 0.1) is 11.6 Å². The molecule has 0 saturated carbocycles. The molecule has 3 nitrogen and oxygen atoms in total. The number of nitrogens with zero attached hydrogens (tertiary/aromatic N) is 1. The number of aliphatic imine (C=N–C) groups is 1. The van der Waals surface area contributed by atoms with E-state index < -0.39 is 5.82 Å². The lowest BCUT2D eigenvalue weighted by Crippen LogP contribution is -2.32. The van der Waals surface area contributed by atoms with E-state index in [1.54, 1.807) is 12.1 Å². The van der Waals surface area contributed by atoms with Crippen molar-refractivity contribution in [3.8, 4) is 0 Å². The Labute approximate surface area is 135 Å². The van der Waals surface area contributed by atoms with Crippen LogP contribution in [0.5, 0.6) is 0 Å². The lowest BCUT2D eigenvalue weighted by atomic mass is 10.1. The topological polar surface area (TPSA) is 50.4 Å². The van der Waals surface area contributed by atoms with Crippen molar-refractivity contribution < 1.29 is 4.39 Å². The maximum absolute atomic E-state index is 12.9. The quantitative estimate of drug-likeness (QED) is 0.452. The molecule has 0 amide bonds. The van der Waals surface area contributed by atoms with E-state index in [2.05, 4.69) is 24.2 Å². The average molecular weight is 400 g/mol. The Morgan fingerprint density at radius 1 is 1.47 bits per heavy atom. The summed E-state index contributed by atoms with van der Waals surface area (Å²) in [6, 6.07) is 4.53. The Bertz CT molecular complexity index is 424. The molecule has 0 aliphatic heterocycles. The molecule has 1 rings (SSSR count). The van der Waals surface area contributed by atoms with Gasteiger partial charge in [-0.25, -0.2) is 9.38 Å². The number of hydrogen-bond acceptors (Lipinski definition) is 1. The van der Waals surface area contributed by atoms with Crippen LogP contribution in [-0.2, 0) is 6.54 Å². The highest BCUT2D eigenvalue weighted by Crippen LogP contribution is 2.16. The Hall–Kier alpha value is -0.560. The van der Waals surface area contributed by atoms with Gasteiger partial charge in [-0.05, 0) is 30.0 Å². The van der Waals surface area contributed by atoms with Crippen molar-refractivity contribution >= 4 is 41.5 Å². The van der Waals surface area contributed by atoms with Crippen LogP contribution in [0.2, 0.25) is 5.02 Å². The van der Waals surface area contributed by atoms with Crippen LogP contribution >= 0.6 is 35.6 Å². The summed E-state index contributed by atoms with van der Waals surface area (Å²) >= 11 is 5.68. The third-order valence-corrected chi connectivity index (χ3v) is 2.73. The predicted molar refractivity (Wildman–Crippen MR) is 89.6 cm³/mol. The number of nitrogens with two attached hydrogens (primary N) is 1. The largest absolute Gasteiger partial charge is 0.370 e. The molecule has 0 radical (unpaired) electrons. The van der Waals surface area contributed by atoms with Gasteiger partial charge in [0.25, 0.3) is 0 Å². The molecule has 6 heteroatoms. The van der Waals surface area contributed by atoms with Crippen molar-refractivity contribution in [2.75, 3.05) is 6.54 Å². The number of guanidine groups is 1. The third kappa shape index (κ3) is 7.57. The first-order valence-electron chi connectivity index (χ1n) is 5.96. The van der Waals surface area contributed by atoms with Crippen molar-refractivity contribution in [1.82, 2.24) is 5.32 Å². The number of hydrogen-bond donors (Lipinski definition) is 2. The molecule has 19 heavy (non-hydrogen) atoms. The fraction of sp³-hybridized carbons (Fsp3) is 0.462. The van der Waals surface area contributed by atoms with E-state index in [-0.39, 0.29) is 29.0 Å². The zero-order chi connectivity index (χ0) is 13.5. The number of rotatable bonds is 5. The molecule has 0 unspecified atom stereocenters. The molecule has 0 bridgehead atoms. The van der Waals surface area contributed by atoms with Crippen LogP contribution in [0.15, 0.2) is 23.2 Å². The first kappa shape index (κ1) is 18.4. The lowest BCUT2D eigenvalue weighted by Gasteiger charge is -2.07. The van der Waals surface area contributed by atoms with Crippen LogP contribution in [0.3, 0.4) is 0 Å². The van der Waals surface area contributed by atoms with E-state index in [1.807, 2.05) is 0 Å². The van der Waals surface area contributed by atoms with E-state index in [0.717, 1.165) is 18.5 Å². The maximum Gasteiger partial charge on any atom is 0.188 e. The molecule has 0 aliphatic rings. The smallest absolute Gasteiger partial charge is 0.188 e. The summed E-state index contributed by atoms with van der Waals surface area (Å²) in [4.78, 5) is 4.16. The second-order valence-electron chi connectivity index (χ2n) is 4.56. The molecule has 1 aromatic carbocycles. The summed E-state index contributed by atoms with van der Waals surface area (Å²) in [7, 11) is 0. The maximum atomic E-state index is 12.9. The zero-order valence-corrected chi connectivity index (χ0v) is 14.2. The van der Waals surface area contributed by atoms with E-state index in [1.165, 1.54) is 6.07 Å².